The third-order valence-electron chi connectivity index (χ3n) is 4.00. The minimum atomic E-state index is -0.203. The molecule has 3 heterocycles. The first-order valence-corrected chi connectivity index (χ1v) is 7.83. The van der Waals surface area contributed by atoms with E-state index in [2.05, 4.69) is 23.0 Å². The SMILES string of the molecule is CCCCOC(=O)N1CC=C(c2ccnc3[nH]ccc23)CC1. The molecular formula is C17H21N3O2. The molecule has 0 aliphatic carbocycles. The van der Waals surface area contributed by atoms with Gasteiger partial charge >= 0.3 is 6.09 Å². The van der Waals surface area contributed by atoms with Gasteiger partial charge in [0.2, 0.25) is 0 Å². The molecule has 0 spiro atoms. The van der Waals surface area contributed by atoms with E-state index in [0.29, 0.717) is 19.7 Å². The van der Waals surface area contributed by atoms with Crippen molar-refractivity contribution in [3.05, 3.63) is 36.2 Å². The van der Waals surface area contributed by atoms with Crippen molar-refractivity contribution in [3.63, 3.8) is 0 Å². The van der Waals surface area contributed by atoms with Crippen molar-refractivity contribution in [2.45, 2.75) is 26.2 Å². The third kappa shape index (κ3) is 2.98. The van der Waals surface area contributed by atoms with Crippen molar-refractivity contribution in [3.8, 4) is 0 Å². The van der Waals surface area contributed by atoms with Gasteiger partial charge in [-0.1, -0.05) is 19.4 Å². The van der Waals surface area contributed by atoms with Crippen molar-refractivity contribution in [1.29, 1.82) is 0 Å². The smallest absolute Gasteiger partial charge is 0.410 e. The highest BCUT2D eigenvalue weighted by molar-refractivity contribution is 5.90. The predicted molar refractivity (Wildman–Crippen MR) is 86.5 cm³/mol. The first-order valence-electron chi connectivity index (χ1n) is 7.83. The number of carbonyl (C=O) groups excluding carboxylic acids is 1. The maximum atomic E-state index is 11.9. The lowest BCUT2D eigenvalue weighted by molar-refractivity contribution is 0.105. The van der Waals surface area contributed by atoms with E-state index < -0.39 is 0 Å². The molecule has 22 heavy (non-hydrogen) atoms. The van der Waals surface area contributed by atoms with E-state index in [1.807, 2.05) is 24.5 Å². The number of H-pyrrole nitrogens is 1. The van der Waals surface area contributed by atoms with Crippen molar-refractivity contribution in [1.82, 2.24) is 14.9 Å². The molecule has 0 bridgehead atoms. The molecule has 0 saturated carbocycles. The number of amides is 1. The molecule has 0 aromatic carbocycles. The number of unbranched alkanes of at least 4 members (excludes halogenated alkanes) is 1. The summed E-state index contributed by atoms with van der Waals surface area (Å²) in [5, 5.41) is 1.13. The zero-order chi connectivity index (χ0) is 15.4. The van der Waals surface area contributed by atoms with Crippen LogP contribution < -0.4 is 0 Å². The standard InChI is InChI=1S/C17H21N3O2/c1-2-3-12-22-17(21)20-10-6-13(7-11-20)14-4-8-18-16-15(14)5-9-19-16/h4-6,8-9H,2-3,7,10-12H2,1H3,(H,18,19). The fourth-order valence-corrected chi connectivity index (χ4v) is 2.72. The van der Waals surface area contributed by atoms with Gasteiger partial charge in [-0.2, -0.15) is 0 Å². The molecule has 0 saturated heterocycles. The van der Waals surface area contributed by atoms with Crippen LogP contribution in [0.5, 0.6) is 0 Å². The Bertz CT molecular complexity index is 690. The lowest BCUT2D eigenvalue weighted by atomic mass is 9.98. The largest absolute Gasteiger partial charge is 0.449 e. The van der Waals surface area contributed by atoms with Crippen LogP contribution in [0.4, 0.5) is 4.79 Å². The maximum absolute atomic E-state index is 11.9. The second-order valence-electron chi connectivity index (χ2n) is 5.49. The summed E-state index contributed by atoms with van der Waals surface area (Å²) in [5.74, 6) is 0. The highest BCUT2D eigenvalue weighted by Gasteiger charge is 2.19. The van der Waals surface area contributed by atoms with Crippen LogP contribution in [-0.2, 0) is 4.74 Å². The summed E-state index contributed by atoms with van der Waals surface area (Å²) < 4.78 is 5.26. The molecule has 2 aromatic rings. The number of nitrogens with zero attached hydrogens (tertiary/aromatic N) is 2. The average molecular weight is 299 g/mol. The molecular weight excluding hydrogens is 278 g/mol. The molecule has 1 amide bonds. The van der Waals surface area contributed by atoms with Crippen LogP contribution in [0.15, 0.2) is 30.6 Å². The maximum Gasteiger partial charge on any atom is 0.410 e. The van der Waals surface area contributed by atoms with Crippen molar-refractivity contribution in [2.24, 2.45) is 0 Å². The molecule has 2 aromatic heterocycles. The van der Waals surface area contributed by atoms with Gasteiger partial charge in [0.05, 0.1) is 6.61 Å². The fourth-order valence-electron chi connectivity index (χ4n) is 2.72. The number of fused-ring (bicyclic) bond motifs is 1. The molecule has 116 valence electrons. The number of ether oxygens (including phenoxy) is 1. The Balaban J connectivity index is 1.69. The van der Waals surface area contributed by atoms with Crippen LogP contribution in [0.2, 0.25) is 0 Å². The van der Waals surface area contributed by atoms with E-state index in [0.717, 1.165) is 30.3 Å². The summed E-state index contributed by atoms with van der Waals surface area (Å²) in [6, 6.07) is 4.08. The van der Waals surface area contributed by atoms with Gasteiger partial charge in [0, 0.05) is 30.9 Å². The van der Waals surface area contributed by atoms with Crippen LogP contribution in [0.1, 0.15) is 31.7 Å². The Morgan fingerprint density at radius 3 is 3.14 bits per heavy atom. The van der Waals surface area contributed by atoms with Gasteiger partial charge in [0.25, 0.3) is 0 Å². The van der Waals surface area contributed by atoms with Gasteiger partial charge in [0.1, 0.15) is 5.65 Å². The highest BCUT2D eigenvalue weighted by Crippen LogP contribution is 2.27. The quantitative estimate of drug-likeness (QED) is 0.878. The van der Waals surface area contributed by atoms with Crippen LogP contribution in [0.3, 0.4) is 0 Å². The van der Waals surface area contributed by atoms with E-state index in [1.165, 1.54) is 11.1 Å². The Morgan fingerprint density at radius 1 is 1.45 bits per heavy atom. The number of rotatable bonds is 4. The minimum absolute atomic E-state index is 0.203. The molecule has 1 aliphatic heterocycles. The van der Waals surface area contributed by atoms with E-state index >= 15 is 0 Å². The van der Waals surface area contributed by atoms with Gasteiger partial charge < -0.3 is 14.6 Å². The Labute approximate surface area is 130 Å². The Kier molecular flexibility index (Phi) is 4.42. The first kappa shape index (κ1) is 14.6. The lowest BCUT2D eigenvalue weighted by Crippen LogP contribution is -2.35. The van der Waals surface area contributed by atoms with E-state index in [9.17, 15) is 4.79 Å². The van der Waals surface area contributed by atoms with Gasteiger partial charge in [-0.25, -0.2) is 9.78 Å². The highest BCUT2D eigenvalue weighted by atomic mass is 16.6. The number of pyridine rings is 1. The molecule has 0 fully saturated rings. The van der Waals surface area contributed by atoms with E-state index in [1.54, 1.807) is 4.90 Å². The number of hydrogen-bond donors (Lipinski definition) is 1. The molecule has 5 nitrogen and oxygen atoms in total. The molecule has 3 rings (SSSR count). The van der Waals surface area contributed by atoms with E-state index in [4.69, 9.17) is 4.74 Å². The Hall–Kier alpha value is -2.30. The number of nitrogens with one attached hydrogen (secondary N) is 1. The first-order chi connectivity index (χ1) is 10.8. The van der Waals surface area contributed by atoms with Crippen LogP contribution in [0, 0.1) is 0 Å². The minimum Gasteiger partial charge on any atom is -0.449 e. The third-order valence-corrected chi connectivity index (χ3v) is 4.00. The molecule has 1 N–H and O–H groups in total. The van der Waals surface area contributed by atoms with Gasteiger partial charge in [-0.15, -0.1) is 0 Å². The molecule has 5 heteroatoms. The summed E-state index contributed by atoms with van der Waals surface area (Å²) in [7, 11) is 0. The summed E-state index contributed by atoms with van der Waals surface area (Å²) in [5.41, 5.74) is 3.37. The molecule has 1 aliphatic rings. The van der Waals surface area contributed by atoms with Gasteiger partial charge in [0.15, 0.2) is 0 Å². The summed E-state index contributed by atoms with van der Waals surface area (Å²) in [6.07, 6.45) is 8.43. The van der Waals surface area contributed by atoms with Crippen molar-refractivity contribution in [2.75, 3.05) is 19.7 Å². The number of hydrogen-bond acceptors (Lipinski definition) is 3. The van der Waals surface area contributed by atoms with Crippen LogP contribution >= 0.6 is 0 Å². The fraction of sp³-hybridized carbons (Fsp3) is 0.412. The van der Waals surface area contributed by atoms with Gasteiger partial charge in [-0.05, 0) is 36.1 Å². The van der Waals surface area contributed by atoms with Crippen LogP contribution in [0.25, 0.3) is 16.6 Å². The number of carbonyl (C=O) groups is 1. The van der Waals surface area contributed by atoms with Gasteiger partial charge in [-0.3, -0.25) is 0 Å². The van der Waals surface area contributed by atoms with Crippen molar-refractivity contribution < 1.29 is 9.53 Å². The Morgan fingerprint density at radius 2 is 2.36 bits per heavy atom. The zero-order valence-corrected chi connectivity index (χ0v) is 12.8. The predicted octanol–water partition coefficient (Wildman–Crippen LogP) is 3.59. The van der Waals surface area contributed by atoms with E-state index in [-0.39, 0.29) is 6.09 Å². The molecule has 0 atom stereocenters. The average Bonchev–Trinajstić information content (AvgIpc) is 3.04. The second kappa shape index (κ2) is 6.64. The number of aromatic amines is 1. The second-order valence-corrected chi connectivity index (χ2v) is 5.49. The topological polar surface area (TPSA) is 58.2 Å². The summed E-state index contributed by atoms with van der Waals surface area (Å²) >= 11 is 0. The van der Waals surface area contributed by atoms with Crippen molar-refractivity contribution >= 4 is 22.7 Å². The summed E-state index contributed by atoms with van der Waals surface area (Å²) in [6.45, 7) is 3.90. The van der Waals surface area contributed by atoms with Crippen LogP contribution in [-0.4, -0.2) is 40.7 Å². The monoisotopic (exact) mass is 299 g/mol. The normalized spacial score (nSPS) is 15.0. The zero-order valence-electron chi connectivity index (χ0n) is 12.8. The summed E-state index contributed by atoms with van der Waals surface area (Å²) in [4.78, 5) is 21.2. The number of aromatic nitrogens is 2. The lowest BCUT2D eigenvalue weighted by Gasteiger charge is -2.26. The molecule has 0 radical (unpaired) electrons. The molecule has 0 unspecified atom stereocenters.